The van der Waals surface area contributed by atoms with Gasteiger partial charge >= 0.3 is 6.03 Å². The molecule has 0 unspecified atom stereocenters. The van der Waals surface area contributed by atoms with Crippen molar-refractivity contribution in [2.45, 2.75) is 20.0 Å². The molecule has 0 radical (unpaired) electrons. The summed E-state index contributed by atoms with van der Waals surface area (Å²) in [4.78, 5) is 14.2. The van der Waals surface area contributed by atoms with Crippen LogP contribution in [0.25, 0.3) is 0 Å². The van der Waals surface area contributed by atoms with Gasteiger partial charge in [-0.15, -0.1) is 0 Å². The number of aryl methyl sites for hydroxylation is 1. The maximum atomic E-state index is 12.9. The molecule has 114 valence electrons. The molecule has 0 saturated heterocycles. The van der Waals surface area contributed by atoms with Crippen LogP contribution >= 0.6 is 0 Å². The Morgan fingerprint density at radius 3 is 2.73 bits per heavy atom. The van der Waals surface area contributed by atoms with E-state index in [1.807, 2.05) is 32.0 Å². The average molecular weight is 300 g/mol. The fraction of sp³-hybridized carbons (Fsp3) is 0.235. The van der Waals surface area contributed by atoms with Gasteiger partial charge in [-0.05, 0) is 55.8 Å². The SMILES string of the molecule is Cc1ccc2c(c1)N(C(=O)Nc1ccc(F)cc1)C[C@H](C)O2. The number of carbonyl (C=O) groups is 1. The number of hydrogen-bond acceptors (Lipinski definition) is 2. The molecule has 2 aromatic rings. The van der Waals surface area contributed by atoms with Gasteiger partial charge in [-0.2, -0.15) is 0 Å². The lowest BCUT2D eigenvalue weighted by atomic mass is 10.1. The number of nitrogens with one attached hydrogen (secondary N) is 1. The number of rotatable bonds is 1. The van der Waals surface area contributed by atoms with E-state index in [9.17, 15) is 9.18 Å². The third-order valence-corrected chi connectivity index (χ3v) is 3.51. The van der Waals surface area contributed by atoms with E-state index in [1.165, 1.54) is 24.3 Å². The molecule has 1 atom stereocenters. The molecule has 1 aliphatic rings. The Hall–Kier alpha value is -2.56. The molecule has 1 N–H and O–H groups in total. The van der Waals surface area contributed by atoms with Crippen LogP contribution < -0.4 is 15.0 Å². The molecular formula is C17H17FN2O2. The Labute approximate surface area is 128 Å². The standard InChI is InChI=1S/C17H17FN2O2/c1-11-3-8-16-15(9-11)20(10-12(2)22-16)17(21)19-14-6-4-13(18)5-7-14/h3-9,12H,10H2,1-2H3,(H,19,21)/t12-/m0/s1. The molecule has 0 spiro atoms. The van der Waals surface area contributed by atoms with Crippen LogP contribution in [0.1, 0.15) is 12.5 Å². The van der Waals surface area contributed by atoms with Gasteiger partial charge in [0.25, 0.3) is 0 Å². The van der Waals surface area contributed by atoms with E-state index < -0.39 is 0 Å². The number of anilines is 2. The summed E-state index contributed by atoms with van der Waals surface area (Å²) in [6.07, 6.45) is -0.0887. The number of halogens is 1. The first kappa shape index (κ1) is 14.4. The summed E-state index contributed by atoms with van der Waals surface area (Å²) >= 11 is 0. The normalized spacial score (nSPS) is 16.7. The molecule has 2 amide bonds. The molecule has 0 aromatic heterocycles. The van der Waals surface area contributed by atoms with E-state index in [0.29, 0.717) is 18.0 Å². The van der Waals surface area contributed by atoms with Crippen LogP contribution in [0.4, 0.5) is 20.6 Å². The summed E-state index contributed by atoms with van der Waals surface area (Å²) in [7, 11) is 0. The molecule has 3 rings (SSSR count). The van der Waals surface area contributed by atoms with Gasteiger partial charge in [-0.25, -0.2) is 9.18 Å². The molecule has 0 aliphatic carbocycles. The Balaban J connectivity index is 1.86. The summed E-state index contributed by atoms with van der Waals surface area (Å²) in [5, 5.41) is 2.78. The fourth-order valence-electron chi connectivity index (χ4n) is 2.46. The van der Waals surface area contributed by atoms with Crippen LogP contribution in [0.3, 0.4) is 0 Å². The first-order chi connectivity index (χ1) is 10.5. The zero-order valence-corrected chi connectivity index (χ0v) is 12.5. The fourth-order valence-corrected chi connectivity index (χ4v) is 2.46. The summed E-state index contributed by atoms with van der Waals surface area (Å²) in [6.45, 7) is 4.35. The molecule has 1 heterocycles. The van der Waals surface area contributed by atoms with Crippen LogP contribution in [0.5, 0.6) is 5.75 Å². The summed E-state index contributed by atoms with van der Waals surface area (Å²) in [6, 6.07) is 11.2. The van der Waals surface area contributed by atoms with E-state index in [-0.39, 0.29) is 18.0 Å². The number of amides is 2. The molecule has 5 heteroatoms. The van der Waals surface area contributed by atoms with Crippen molar-refractivity contribution in [3.05, 3.63) is 53.8 Å². The minimum Gasteiger partial charge on any atom is -0.487 e. The first-order valence-corrected chi connectivity index (χ1v) is 7.14. The Morgan fingerprint density at radius 2 is 2.00 bits per heavy atom. The highest BCUT2D eigenvalue weighted by Crippen LogP contribution is 2.34. The molecule has 22 heavy (non-hydrogen) atoms. The van der Waals surface area contributed by atoms with Crippen molar-refractivity contribution in [1.29, 1.82) is 0 Å². The number of ether oxygens (including phenoxy) is 1. The second-order valence-electron chi connectivity index (χ2n) is 5.45. The molecule has 1 aliphatic heterocycles. The monoisotopic (exact) mass is 300 g/mol. The van der Waals surface area contributed by atoms with Crippen LogP contribution in [-0.2, 0) is 0 Å². The van der Waals surface area contributed by atoms with Crippen molar-refractivity contribution in [2.75, 3.05) is 16.8 Å². The van der Waals surface area contributed by atoms with Crippen LogP contribution in [-0.4, -0.2) is 18.7 Å². The minimum atomic E-state index is -0.334. The first-order valence-electron chi connectivity index (χ1n) is 7.14. The van der Waals surface area contributed by atoms with Crippen molar-refractivity contribution < 1.29 is 13.9 Å². The Kier molecular flexibility index (Phi) is 3.71. The molecule has 2 aromatic carbocycles. The lowest BCUT2D eigenvalue weighted by molar-refractivity contribution is 0.208. The number of carbonyl (C=O) groups excluding carboxylic acids is 1. The smallest absolute Gasteiger partial charge is 0.326 e. The minimum absolute atomic E-state index is 0.0887. The second kappa shape index (κ2) is 5.67. The molecule has 0 bridgehead atoms. The van der Waals surface area contributed by atoms with Gasteiger partial charge in [-0.1, -0.05) is 6.07 Å². The van der Waals surface area contributed by atoms with Crippen molar-refractivity contribution >= 4 is 17.4 Å². The largest absolute Gasteiger partial charge is 0.487 e. The van der Waals surface area contributed by atoms with Gasteiger partial charge in [0.05, 0.1) is 12.2 Å². The van der Waals surface area contributed by atoms with Gasteiger partial charge < -0.3 is 10.1 Å². The van der Waals surface area contributed by atoms with E-state index in [4.69, 9.17) is 4.74 Å². The van der Waals surface area contributed by atoms with Crippen LogP contribution in [0.2, 0.25) is 0 Å². The average Bonchev–Trinajstić information content (AvgIpc) is 2.49. The zero-order valence-electron chi connectivity index (χ0n) is 12.5. The Morgan fingerprint density at radius 1 is 1.27 bits per heavy atom. The van der Waals surface area contributed by atoms with Gasteiger partial charge in [0.15, 0.2) is 0 Å². The van der Waals surface area contributed by atoms with E-state index >= 15 is 0 Å². The number of hydrogen-bond donors (Lipinski definition) is 1. The molecule has 0 fully saturated rings. The van der Waals surface area contributed by atoms with Crippen molar-refractivity contribution in [3.63, 3.8) is 0 Å². The third kappa shape index (κ3) is 2.88. The molecule has 0 saturated carbocycles. The Bertz CT molecular complexity index is 700. The zero-order chi connectivity index (χ0) is 15.7. The molecular weight excluding hydrogens is 283 g/mol. The maximum Gasteiger partial charge on any atom is 0.326 e. The van der Waals surface area contributed by atoms with Crippen LogP contribution in [0, 0.1) is 12.7 Å². The lowest BCUT2D eigenvalue weighted by Gasteiger charge is -2.33. The predicted octanol–water partition coefficient (Wildman–Crippen LogP) is 3.95. The highest BCUT2D eigenvalue weighted by Gasteiger charge is 2.27. The summed E-state index contributed by atoms with van der Waals surface area (Å²) in [5.74, 6) is 0.359. The van der Waals surface area contributed by atoms with Crippen LogP contribution in [0.15, 0.2) is 42.5 Å². The van der Waals surface area contributed by atoms with Crippen molar-refractivity contribution in [3.8, 4) is 5.75 Å². The number of benzene rings is 2. The topological polar surface area (TPSA) is 41.6 Å². The second-order valence-corrected chi connectivity index (χ2v) is 5.45. The number of fused-ring (bicyclic) bond motifs is 1. The number of urea groups is 1. The number of nitrogens with zero attached hydrogens (tertiary/aromatic N) is 1. The molecule has 4 nitrogen and oxygen atoms in total. The summed E-state index contributed by atoms with van der Waals surface area (Å²) < 4.78 is 18.7. The highest BCUT2D eigenvalue weighted by atomic mass is 19.1. The van der Waals surface area contributed by atoms with E-state index in [1.54, 1.807) is 4.90 Å². The quantitative estimate of drug-likeness (QED) is 0.866. The van der Waals surface area contributed by atoms with E-state index in [2.05, 4.69) is 5.32 Å². The van der Waals surface area contributed by atoms with Crippen molar-refractivity contribution in [2.24, 2.45) is 0 Å². The summed E-state index contributed by atoms with van der Waals surface area (Å²) in [5.41, 5.74) is 2.36. The van der Waals surface area contributed by atoms with Crippen molar-refractivity contribution in [1.82, 2.24) is 0 Å². The van der Waals surface area contributed by atoms with Gasteiger partial charge in [0.1, 0.15) is 17.7 Å². The predicted molar refractivity (Wildman–Crippen MR) is 84.0 cm³/mol. The van der Waals surface area contributed by atoms with Gasteiger partial charge in [0, 0.05) is 5.69 Å². The van der Waals surface area contributed by atoms with Gasteiger partial charge in [-0.3, -0.25) is 4.90 Å². The maximum absolute atomic E-state index is 12.9. The third-order valence-electron chi connectivity index (χ3n) is 3.51. The highest BCUT2D eigenvalue weighted by molar-refractivity contribution is 6.03. The van der Waals surface area contributed by atoms with E-state index in [0.717, 1.165) is 11.3 Å². The van der Waals surface area contributed by atoms with Gasteiger partial charge in [0.2, 0.25) is 0 Å². The lowest BCUT2D eigenvalue weighted by Crippen LogP contribution is -2.44.